The van der Waals surface area contributed by atoms with Crippen molar-refractivity contribution in [3.8, 4) is 0 Å². The van der Waals surface area contributed by atoms with Gasteiger partial charge in [-0.2, -0.15) is 0 Å². The smallest absolute Gasteiger partial charge is 0.328 e. The fraction of sp³-hybridized carbons (Fsp3) is 0.727. The van der Waals surface area contributed by atoms with Gasteiger partial charge in [0.05, 0.1) is 6.61 Å². The van der Waals surface area contributed by atoms with Gasteiger partial charge in [0.2, 0.25) is 5.79 Å². The van der Waals surface area contributed by atoms with Gasteiger partial charge in [0.1, 0.15) is 5.60 Å². The Kier molecular flexibility index (Phi) is 3.01. The van der Waals surface area contributed by atoms with Crippen LogP contribution in [-0.4, -0.2) is 29.1 Å². The van der Waals surface area contributed by atoms with E-state index in [4.69, 9.17) is 19.6 Å². The van der Waals surface area contributed by atoms with Crippen LogP contribution in [0.5, 0.6) is 0 Å². The van der Waals surface area contributed by atoms with Crippen molar-refractivity contribution in [2.45, 2.75) is 44.0 Å². The number of hydrogen-bond acceptors (Lipinski definition) is 4. The Labute approximate surface area is 93.9 Å². The standard InChI is InChI=1S/C11H16O5/c1-10(7-4-9(12)13)8-14-11(16-15-10)5-2-3-6-11/h4,7H,2-3,5-6,8H2,1H3,(H,12,13)/b7-4+. The second kappa shape index (κ2) is 4.16. The van der Waals surface area contributed by atoms with Crippen molar-refractivity contribution >= 4 is 5.97 Å². The Morgan fingerprint density at radius 3 is 2.50 bits per heavy atom. The second-order valence-electron chi connectivity index (χ2n) is 4.56. The zero-order valence-corrected chi connectivity index (χ0v) is 9.27. The minimum atomic E-state index is -1.01. The molecule has 90 valence electrons. The van der Waals surface area contributed by atoms with Crippen molar-refractivity contribution in [3.05, 3.63) is 12.2 Å². The van der Waals surface area contributed by atoms with Gasteiger partial charge >= 0.3 is 5.97 Å². The highest BCUT2D eigenvalue weighted by atomic mass is 17.2. The van der Waals surface area contributed by atoms with Crippen LogP contribution in [0.1, 0.15) is 32.6 Å². The van der Waals surface area contributed by atoms with E-state index >= 15 is 0 Å². The first-order chi connectivity index (χ1) is 7.54. The van der Waals surface area contributed by atoms with Crippen LogP contribution in [0.3, 0.4) is 0 Å². The summed E-state index contributed by atoms with van der Waals surface area (Å²) in [5, 5.41) is 8.54. The highest BCUT2D eigenvalue weighted by molar-refractivity contribution is 5.79. The average Bonchev–Trinajstić information content (AvgIpc) is 2.70. The third-order valence-electron chi connectivity index (χ3n) is 2.95. The number of hydrogen-bond donors (Lipinski definition) is 1. The first-order valence-corrected chi connectivity index (χ1v) is 5.47. The lowest BCUT2D eigenvalue weighted by molar-refractivity contribution is -0.499. The van der Waals surface area contributed by atoms with Crippen molar-refractivity contribution in [2.24, 2.45) is 0 Å². The van der Waals surface area contributed by atoms with Crippen LogP contribution < -0.4 is 0 Å². The van der Waals surface area contributed by atoms with Crippen LogP contribution in [0.2, 0.25) is 0 Å². The lowest BCUT2D eigenvalue weighted by Crippen LogP contribution is -2.48. The maximum Gasteiger partial charge on any atom is 0.328 e. The number of carboxylic acid groups (broad SMARTS) is 1. The van der Waals surface area contributed by atoms with Gasteiger partial charge < -0.3 is 9.84 Å². The van der Waals surface area contributed by atoms with Gasteiger partial charge in [-0.25, -0.2) is 14.6 Å². The largest absolute Gasteiger partial charge is 0.478 e. The number of carbonyl (C=O) groups is 1. The molecule has 0 bridgehead atoms. The highest BCUT2D eigenvalue weighted by Crippen LogP contribution is 2.39. The Morgan fingerprint density at radius 2 is 2.00 bits per heavy atom. The van der Waals surface area contributed by atoms with Gasteiger partial charge in [-0.1, -0.05) is 0 Å². The normalized spacial score (nSPS) is 33.6. The van der Waals surface area contributed by atoms with Gasteiger partial charge in [0.25, 0.3) is 0 Å². The molecule has 2 aliphatic rings. The molecule has 0 aromatic rings. The predicted octanol–water partition coefficient (Wildman–Crippen LogP) is 1.63. The molecule has 1 aliphatic carbocycles. The lowest BCUT2D eigenvalue weighted by atomic mass is 10.1. The molecule has 0 radical (unpaired) electrons. The highest BCUT2D eigenvalue weighted by Gasteiger charge is 2.45. The van der Waals surface area contributed by atoms with Crippen LogP contribution >= 0.6 is 0 Å². The second-order valence-corrected chi connectivity index (χ2v) is 4.56. The molecule has 2 fully saturated rings. The molecule has 0 aromatic carbocycles. The molecular weight excluding hydrogens is 212 g/mol. The molecule has 0 amide bonds. The summed E-state index contributed by atoms with van der Waals surface area (Å²) in [6.45, 7) is 2.05. The molecule has 1 unspecified atom stereocenters. The van der Waals surface area contributed by atoms with Gasteiger partial charge in [-0.05, 0) is 25.8 Å². The fourth-order valence-corrected chi connectivity index (χ4v) is 1.96. The first kappa shape index (κ1) is 11.6. The molecule has 16 heavy (non-hydrogen) atoms. The Bertz CT molecular complexity index is 293. The van der Waals surface area contributed by atoms with Gasteiger partial charge in [-0.3, -0.25) is 0 Å². The molecule has 5 nitrogen and oxygen atoms in total. The van der Waals surface area contributed by atoms with Gasteiger partial charge in [0.15, 0.2) is 0 Å². The maximum absolute atomic E-state index is 10.4. The average molecular weight is 228 g/mol. The maximum atomic E-state index is 10.4. The summed E-state index contributed by atoms with van der Waals surface area (Å²) in [6, 6.07) is 0. The van der Waals surface area contributed by atoms with Crippen LogP contribution in [0.15, 0.2) is 12.2 Å². The lowest BCUT2D eigenvalue weighted by Gasteiger charge is -2.40. The number of carboxylic acids is 1. The third kappa shape index (κ3) is 2.42. The predicted molar refractivity (Wildman–Crippen MR) is 54.5 cm³/mol. The number of rotatable bonds is 2. The monoisotopic (exact) mass is 228 g/mol. The summed E-state index contributed by atoms with van der Waals surface area (Å²) in [5.74, 6) is -1.60. The summed E-state index contributed by atoms with van der Waals surface area (Å²) in [4.78, 5) is 21.0. The molecule has 5 heteroatoms. The van der Waals surface area contributed by atoms with E-state index in [0.29, 0.717) is 6.61 Å². The van der Waals surface area contributed by atoms with Gasteiger partial charge in [0, 0.05) is 18.9 Å². The molecule has 1 saturated carbocycles. The zero-order chi connectivity index (χ0) is 11.6. The van der Waals surface area contributed by atoms with E-state index in [9.17, 15) is 4.79 Å². The zero-order valence-electron chi connectivity index (χ0n) is 9.27. The quantitative estimate of drug-likeness (QED) is 0.575. The van der Waals surface area contributed by atoms with Crippen molar-refractivity contribution in [2.75, 3.05) is 6.61 Å². The molecule has 0 aromatic heterocycles. The van der Waals surface area contributed by atoms with E-state index in [0.717, 1.165) is 31.8 Å². The summed E-state index contributed by atoms with van der Waals surface area (Å²) in [7, 11) is 0. The first-order valence-electron chi connectivity index (χ1n) is 5.47. The van der Waals surface area contributed by atoms with Crippen molar-refractivity contribution in [3.63, 3.8) is 0 Å². The summed E-state index contributed by atoms with van der Waals surface area (Å²) in [5.41, 5.74) is -0.813. The van der Waals surface area contributed by atoms with Crippen molar-refractivity contribution < 1.29 is 24.4 Å². The third-order valence-corrected chi connectivity index (χ3v) is 2.95. The SMILES string of the molecule is CC1(/C=C/C(=O)O)COC2(CCCC2)OO1. The van der Waals surface area contributed by atoms with E-state index < -0.39 is 17.4 Å². The summed E-state index contributed by atoms with van der Waals surface area (Å²) < 4.78 is 5.68. The molecular formula is C11H16O5. The van der Waals surface area contributed by atoms with Crippen LogP contribution in [-0.2, 0) is 19.3 Å². The van der Waals surface area contributed by atoms with Crippen molar-refractivity contribution in [1.82, 2.24) is 0 Å². The molecule has 2 rings (SSSR count). The number of aliphatic carboxylic acids is 1. The Hall–Kier alpha value is -0.910. The van der Waals surface area contributed by atoms with Crippen LogP contribution in [0.4, 0.5) is 0 Å². The molecule has 1 saturated heterocycles. The summed E-state index contributed by atoms with van der Waals surface area (Å²) >= 11 is 0. The van der Waals surface area contributed by atoms with E-state index in [1.54, 1.807) is 6.92 Å². The minimum absolute atomic E-state index is 0.316. The van der Waals surface area contributed by atoms with E-state index in [1.165, 1.54) is 6.08 Å². The van der Waals surface area contributed by atoms with Crippen LogP contribution in [0.25, 0.3) is 0 Å². The number of ether oxygens (including phenoxy) is 1. The Balaban J connectivity index is 1.95. The van der Waals surface area contributed by atoms with E-state index in [1.807, 2.05) is 0 Å². The molecule has 1 heterocycles. The van der Waals surface area contributed by atoms with Crippen molar-refractivity contribution in [1.29, 1.82) is 0 Å². The fourth-order valence-electron chi connectivity index (χ4n) is 1.96. The Morgan fingerprint density at radius 1 is 1.31 bits per heavy atom. The van der Waals surface area contributed by atoms with E-state index in [-0.39, 0.29) is 0 Å². The van der Waals surface area contributed by atoms with E-state index in [2.05, 4.69) is 0 Å². The molecule has 1 N–H and O–H groups in total. The van der Waals surface area contributed by atoms with Gasteiger partial charge in [-0.15, -0.1) is 0 Å². The molecule has 1 atom stereocenters. The summed E-state index contributed by atoms with van der Waals surface area (Å²) in [6.07, 6.45) is 6.31. The molecule has 1 aliphatic heterocycles. The topological polar surface area (TPSA) is 65.0 Å². The van der Waals surface area contributed by atoms with Crippen LogP contribution in [0, 0.1) is 0 Å². The minimum Gasteiger partial charge on any atom is -0.478 e. The molecule has 1 spiro atoms.